The van der Waals surface area contributed by atoms with Crippen molar-refractivity contribution in [3.8, 4) is 33.1 Å². The summed E-state index contributed by atoms with van der Waals surface area (Å²) in [4.78, 5) is 33.5. The molecule has 0 aliphatic rings. The van der Waals surface area contributed by atoms with Crippen molar-refractivity contribution in [2.75, 3.05) is 26.0 Å². The first kappa shape index (κ1) is 23.0. The van der Waals surface area contributed by atoms with Crippen molar-refractivity contribution < 1.29 is 4.79 Å². The van der Waals surface area contributed by atoms with Gasteiger partial charge in [-0.15, -0.1) is 11.3 Å². The summed E-state index contributed by atoms with van der Waals surface area (Å²) in [7, 11) is 3.71. The summed E-state index contributed by atoms with van der Waals surface area (Å²) in [6.45, 7) is 2.40. The number of hydrogen-bond donors (Lipinski definition) is 3. The molecule has 184 valence electrons. The quantitative estimate of drug-likeness (QED) is 0.288. The molecule has 1 aromatic carbocycles. The molecule has 0 fully saturated rings. The number of anilines is 1. The monoisotopic (exact) mass is 508 g/mol. The maximum absolute atomic E-state index is 12.2. The van der Waals surface area contributed by atoms with Crippen LogP contribution in [0.25, 0.3) is 55.2 Å². The Morgan fingerprint density at radius 2 is 1.97 bits per heavy atom. The fraction of sp³-hybridized carbons (Fsp3) is 0.148. The van der Waals surface area contributed by atoms with Gasteiger partial charge in [-0.2, -0.15) is 5.10 Å². The van der Waals surface area contributed by atoms with E-state index in [1.165, 1.54) is 4.88 Å². The number of aromatic nitrogens is 6. The van der Waals surface area contributed by atoms with Crippen LogP contribution in [0.2, 0.25) is 0 Å². The van der Waals surface area contributed by atoms with Gasteiger partial charge in [-0.05, 0) is 63.0 Å². The lowest BCUT2D eigenvalue weighted by Crippen LogP contribution is -2.27. The first-order chi connectivity index (χ1) is 17.9. The molecule has 0 unspecified atom stereocenters. The summed E-state index contributed by atoms with van der Waals surface area (Å²) in [6.07, 6.45) is 5.22. The summed E-state index contributed by atoms with van der Waals surface area (Å²) < 4.78 is 0. The summed E-state index contributed by atoms with van der Waals surface area (Å²) in [5.41, 5.74) is 6.68. The molecular weight excluding hydrogens is 484 g/mol. The van der Waals surface area contributed by atoms with Gasteiger partial charge in [0.05, 0.1) is 23.9 Å². The first-order valence-corrected chi connectivity index (χ1v) is 12.6. The molecule has 37 heavy (non-hydrogen) atoms. The van der Waals surface area contributed by atoms with Gasteiger partial charge in [0.2, 0.25) is 5.91 Å². The number of carbonyl (C=O) groups excluding carboxylic acids is 1. The lowest BCUT2D eigenvalue weighted by Gasteiger charge is -2.11. The summed E-state index contributed by atoms with van der Waals surface area (Å²) >= 11 is 1.73. The van der Waals surface area contributed by atoms with Crippen LogP contribution in [-0.4, -0.2) is 61.6 Å². The van der Waals surface area contributed by atoms with Crippen molar-refractivity contribution in [3.05, 3.63) is 65.9 Å². The lowest BCUT2D eigenvalue weighted by atomic mass is 10.0. The smallest absolute Gasteiger partial charge is 0.238 e. The number of thiophene rings is 1. The Morgan fingerprint density at radius 1 is 1.08 bits per heavy atom. The van der Waals surface area contributed by atoms with Crippen LogP contribution < -0.4 is 5.32 Å². The minimum absolute atomic E-state index is 0.0907. The number of likely N-dealkylation sites (N-methyl/N-ethyl adjacent to an activating group) is 1. The van der Waals surface area contributed by atoms with E-state index in [1.54, 1.807) is 29.9 Å². The van der Waals surface area contributed by atoms with Crippen molar-refractivity contribution in [1.29, 1.82) is 0 Å². The number of carbonyl (C=O) groups is 1. The molecule has 0 atom stereocenters. The van der Waals surface area contributed by atoms with Crippen molar-refractivity contribution in [1.82, 2.24) is 35.0 Å². The number of fused-ring (bicyclic) bond motifs is 2. The predicted molar refractivity (Wildman–Crippen MR) is 147 cm³/mol. The molecule has 0 saturated heterocycles. The van der Waals surface area contributed by atoms with E-state index in [-0.39, 0.29) is 5.91 Å². The Morgan fingerprint density at radius 3 is 2.78 bits per heavy atom. The van der Waals surface area contributed by atoms with Gasteiger partial charge in [-0.1, -0.05) is 6.07 Å². The molecule has 0 bridgehead atoms. The SMILES string of the molecule is Cc1ccc(-c2ccnc3[nH]c(-c4n[nH]c5ccc(-c6cncc(NC(=O)CN(C)C)c6)cc45)nc23)s1. The van der Waals surface area contributed by atoms with Gasteiger partial charge in [-0.25, -0.2) is 9.97 Å². The Hall–Kier alpha value is -4.41. The van der Waals surface area contributed by atoms with E-state index in [0.29, 0.717) is 23.8 Å². The van der Waals surface area contributed by atoms with E-state index < -0.39 is 0 Å². The summed E-state index contributed by atoms with van der Waals surface area (Å²) in [6, 6.07) is 14.2. The second-order valence-corrected chi connectivity index (χ2v) is 10.4. The molecular formula is C27H24N8OS. The van der Waals surface area contributed by atoms with Crippen molar-refractivity contribution >= 4 is 45.0 Å². The highest BCUT2D eigenvalue weighted by Gasteiger charge is 2.17. The third kappa shape index (κ3) is 4.48. The van der Waals surface area contributed by atoms with E-state index in [1.807, 2.05) is 43.3 Å². The average Bonchev–Trinajstić information content (AvgIpc) is 3.60. The largest absolute Gasteiger partial charge is 0.324 e. The van der Waals surface area contributed by atoms with E-state index in [0.717, 1.165) is 43.6 Å². The molecule has 3 N–H and O–H groups in total. The number of nitrogens with zero attached hydrogens (tertiary/aromatic N) is 5. The minimum atomic E-state index is -0.0907. The van der Waals surface area contributed by atoms with E-state index >= 15 is 0 Å². The molecule has 5 aromatic heterocycles. The molecule has 5 heterocycles. The number of nitrogens with one attached hydrogen (secondary N) is 3. The Bertz CT molecular complexity index is 1760. The molecule has 6 aromatic rings. The fourth-order valence-corrected chi connectivity index (χ4v) is 5.22. The summed E-state index contributed by atoms with van der Waals surface area (Å²) in [5.74, 6) is 0.557. The average molecular weight is 509 g/mol. The Kier molecular flexibility index (Phi) is 5.74. The van der Waals surface area contributed by atoms with Crippen LogP contribution in [0, 0.1) is 6.92 Å². The lowest BCUT2D eigenvalue weighted by molar-refractivity contribution is -0.116. The van der Waals surface area contributed by atoms with Crippen molar-refractivity contribution in [2.24, 2.45) is 0 Å². The topological polar surface area (TPSA) is 115 Å². The second kappa shape index (κ2) is 9.23. The van der Waals surface area contributed by atoms with Crippen LogP contribution in [0.15, 0.2) is 61.1 Å². The highest BCUT2D eigenvalue weighted by atomic mass is 32.1. The maximum Gasteiger partial charge on any atom is 0.238 e. The molecule has 0 radical (unpaired) electrons. The van der Waals surface area contributed by atoms with Gasteiger partial charge in [-0.3, -0.25) is 14.9 Å². The molecule has 0 saturated carbocycles. The standard InChI is InChI=1S/C27H24N8OS/c1-15-4-7-22(37-15)19-8-9-29-26-24(19)31-27(32-26)25-20-11-16(5-6-21(20)33-34-25)17-10-18(13-28-12-17)30-23(36)14-35(2)3/h4-13H,14H2,1-3H3,(H,30,36)(H,33,34)(H,29,31,32). The number of hydrogen-bond acceptors (Lipinski definition) is 7. The van der Waals surface area contributed by atoms with Crippen LogP contribution in [-0.2, 0) is 4.79 Å². The molecule has 10 heteroatoms. The zero-order chi connectivity index (χ0) is 25.5. The number of H-pyrrole nitrogens is 2. The van der Waals surface area contributed by atoms with Crippen LogP contribution in [0.3, 0.4) is 0 Å². The number of amides is 1. The number of imidazole rings is 1. The van der Waals surface area contributed by atoms with Gasteiger partial charge in [0.25, 0.3) is 0 Å². The third-order valence-corrected chi connectivity index (χ3v) is 7.03. The highest BCUT2D eigenvalue weighted by Crippen LogP contribution is 2.35. The van der Waals surface area contributed by atoms with Crippen LogP contribution >= 0.6 is 11.3 Å². The van der Waals surface area contributed by atoms with Crippen molar-refractivity contribution in [2.45, 2.75) is 6.92 Å². The molecule has 0 aliphatic carbocycles. The van der Waals surface area contributed by atoms with Gasteiger partial charge >= 0.3 is 0 Å². The number of rotatable bonds is 6. The maximum atomic E-state index is 12.2. The van der Waals surface area contributed by atoms with Gasteiger partial charge in [0, 0.05) is 38.7 Å². The fourth-order valence-electron chi connectivity index (χ4n) is 4.33. The van der Waals surface area contributed by atoms with Gasteiger partial charge in [0.15, 0.2) is 11.5 Å². The molecule has 0 spiro atoms. The Labute approximate surface area is 216 Å². The number of benzene rings is 1. The second-order valence-electron chi connectivity index (χ2n) is 9.13. The third-order valence-electron chi connectivity index (χ3n) is 5.99. The molecule has 0 aliphatic heterocycles. The van der Waals surface area contributed by atoms with Gasteiger partial charge in [0.1, 0.15) is 11.2 Å². The number of pyridine rings is 2. The van der Waals surface area contributed by atoms with E-state index in [4.69, 9.17) is 4.98 Å². The first-order valence-electron chi connectivity index (χ1n) is 11.7. The van der Waals surface area contributed by atoms with Crippen molar-refractivity contribution in [3.63, 3.8) is 0 Å². The predicted octanol–water partition coefficient (Wildman–Crippen LogP) is 5.10. The van der Waals surface area contributed by atoms with Crippen LogP contribution in [0.5, 0.6) is 0 Å². The molecule has 1 amide bonds. The molecule has 6 rings (SSSR count). The normalized spacial score (nSPS) is 11.6. The van der Waals surface area contributed by atoms with E-state index in [9.17, 15) is 4.79 Å². The van der Waals surface area contributed by atoms with Crippen LogP contribution in [0.4, 0.5) is 5.69 Å². The van der Waals surface area contributed by atoms with E-state index in [2.05, 4.69) is 55.6 Å². The zero-order valence-corrected chi connectivity index (χ0v) is 21.3. The molecule has 9 nitrogen and oxygen atoms in total. The van der Waals surface area contributed by atoms with Gasteiger partial charge < -0.3 is 15.2 Å². The summed E-state index contributed by atoms with van der Waals surface area (Å²) in [5, 5.41) is 11.5. The zero-order valence-electron chi connectivity index (χ0n) is 20.5. The number of aryl methyl sites for hydroxylation is 1. The Balaban J connectivity index is 1.38. The minimum Gasteiger partial charge on any atom is -0.324 e. The number of aromatic amines is 2. The van der Waals surface area contributed by atoms with Crippen LogP contribution in [0.1, 0.15) is 4.88 Å². The highest BCUT2D eigenvalue weighted by molar-refractivity contribution is 7.15.